The lowest BCUT2D eigenvalue weighted by Gasteiger charge is -2.17. The predicted molar refractivity (Wildman–Crippen MR) is 94.3 cm³/mol. The molecule has 1 aromatic carbocycles. The molecule has 0 radical (unpaired) electrons. The lowest BCUT2D eigenvalue weighted by atomic mass is 10.3. The molecule has 1 fully saturated rings. The number of fused-ring (bicyclic) bond motifs is 1. The number of rotatable bonds is 4. The lowest BCUT2D eigenvalue weighted by Crippen LogP contribution is -2.33. The molecule has 0 bridgehead atoms. The van der Waals surface area contributed by atoms with Crippen LogP contribution in [0, 0.1) is 6.92 Å². The number of carbonyl (C=O) groups is 1. The van der Waals surface area contributed by atoms with E-state index < -0.39 is 0 Å². The van der Waals surface area contributed by atoms with Gasteiger partial charge in [-0.25, -0.2) is 9.97 Å². The molecule has 0 N–H and O–H groups in total. The molecular weight excluding hydrogens is 316 g/mol. The van der Waals surface area contributed by atoms with Gasteiger partial charge in [0, 0.05) is 25.2 Å². The predicted octanol–water partition coefficient (Wildman–Crippen LogP) is 2.42. The Balaban J connectivity index is 1.38. The third-order valence-corrected chi connectivity index (χ3v) is 4.50. The minimum absolute atomic E-state index is 0.00122. The quantitative estimate of drug-likeness (QED) is 0.734. The van der Waals surface area contributed by atoms with Gasteiger partial charge in [-0.15, -0.1) is 0 Å². The number of benzene rings is 1. The van der Waals surface area contributed by atoms with Gasteiger partial charge in [-0.1, -0.05) is 18.2 Å². The fraction of sp³-hybridized carbons (Fsp3) is 0.316. The summed E-state index contributed by atoms with van der Waals surface area (Å²) >= 11 is 0. The van der Waals surface area contributed by atoms with Gasteiger partial charge in [0.1, 0.15) is 12.6 Å². The number of ether oxygens (including phenoxy) is 1. The molecule has 0 aliphatic carbocycles. The van der Waals surface area contributed by atoms with Gasteiger partial charge in [-0.2, -0.15) is 0 Å². The maximum Gasteiger partial charge on any atom is 0.242 e. The van der Waals surface area contributed by atoms with Crippen LogP contribution in [-0.4, -0.2) is 44.5 Å². The van der Waals surface area contributed by atoms with Crippen LogP contribution in [0.5, 0.6) is 5.88 Å². The second kappa shape index (κ2) is 6.55. The van der Waals surface area contributed by atoms with Crippen molar-refractivity contribution in [1.82, 2.24) is 19.4 Å². The van der Waals surface area contributed by atoms with Crippen molar-refractivity contribution in [3.63, 3.8) is 0 Å². The summed E-state index contributed by atoms with van der Waals surface area (Å²) in [5.41, 5.74) is 2.98. The normalized spacial score (nSPS) is 17.2. The molecule has 3 aromatic rings. The summed E-state index contributed by atoms with van der Waals surface area (Å²) < 4.78 is 7.79. The molecule has 25 heavy (non-hydrogen) atoms. The molecule has 1 atom stereocenters. The van der Waals surface area contributed by atoms with Crippen molar-refractivity contribution in [3.05, 3.63) is 54.5 Å². The largest absolute Gasteiger partial charge is 0.472 e. The molecule has 6 nitrogen and oxygen atoms in total. The highest BCUT2D eigenvalue weighted by Crippen LogP contribution is 2.18. The Bertz CT molecular complexity index is 888. The van der Waals surface area contributed by atoms with Gasteiger partial charge in [-0.3, -0.25) is 4.79 Å². The SMILES string of the molecule is Cc1ccc(OC2CCN(C(=O)Cn3cnc4ccccc43)C2)nc1. The number of hydrogen-bond acceptors (Lipinski definition) is 4. The van der Waals surface area contributed by atoms with Gasteiger partial charge in [0.15, 0.2) is 0 Å². The number of nitrogens with zero attached hydrogens (tertiary/aromatic N) is 4. The first-order valence-corrected chi connectivity index (χ1v) is 8.46. The number of imidazole rings is 1. The summed E-state index contributed by atoms with van der Waals surface area (Å²) in [6.07, 6.45) is 4.34. The van der Waals surface area contributed by atoms with Crippen LogP contribution in [-0.2, 0) is 11.3 Å². The molecule has 2 aromatic heterocycles. The number of pyridine rings is 1. The van der Waals surface area contributed by atoms with Crippen molar-refractivity contribution in [2.45, 2.75) is 26.0 Å². The van der Waals surface area contributed by atoms with Gasteiger partial charge in [0.05, 0.1) is 23.9 Å². The third kappa shape index (κ3) is 3.33. The van der Waals surface area contributed by atoms with E-state index in [-0.39, 0.29) is 12.0 Å². The Morgan fingerprint density at radius 3 is 2.96 bits per heavy atom. The molecule has 3 heterocycles. The second-order valence-corrected chi connectivity index (χ2v) is 6.40. The standard InChI is InChI=1S/C19H20N4O2/c1-14-6-7-18(20-10-14)25-15-8-9-22(11-15)19(24)12-23-13-21-16-4-2-3-5-17(16)23/h2-7,10,13,15H,8-9,11-12H2,1H3. The van der Waals surface area contributed by atoms with Gasteiger partial charge in [0.2, 0.25) is 11.8 Å². The number of hydrogen-bond donors (Lipinski definition) is 0. The zero-order valence-electron chi connectivity index (χ0n) is 14.1. The van der Waals surface area contributed by atoms with Crippen LogP contribution in [0.25, 0.3) is 11.0 Å². The summed E-state index contributed by atoms with van der Waals surface area (Å²) in [6.45, 7) is 3.60. The molecule has 4 rings (SSSR count). The third-order valence-electron chi connectivity index (χ3n) is 4.50. The topological polar surface area (TPSA) is 60.2 Å². The zero-order chi connectivity index (χ0) is 17.2. The van der Waals surface area contributed by atoms with E-state index in [0.29, 0.717) is 25.5 Å². The average Bonchev–Trinajstić information content (AvgIpc) is 3.25. The first-order chi connectivity index (χ1) is 12.2. The van der Waals surface area contributed by atoms with Crippen molar-refractivity contribution in [2.24, 2.45) is 0 Å². The maximum absolute atomic E-state index is 12.6. The van der Waals surface area contributed by atoms with E-state index >= 15 is 0 Å². The highest BCUT2D eigenvalue weighted by Gasteiger charge is 2.28. The Hall–Kier alpha value is -2.89. The van der Waals surface area contributed by atoms with Crippen molar-refractivity contribution < 1.29 is 9.53 Å². The van der Waals surface area contributed by atoms with E-state index in [0.717, 1.165) is 23.0 Å². The summed E-state index contributed by atoms with van der Waals surface area (Å²) in [4.78, 5) is 23.1. The molecule has 0 saturated carbocycles. The zero-order valence-corrected chi connectivity index (χ0v) is 14.1. The van der Waals surface area contributed by atoms with Crippen LogP contribution in [0.1, 0.15) is 12.0 Å². The Labute approximate surface area is 146 Å². The van der Waals surface area contributed by atoms with Crippen molar-refractivity contribution in [2.75, 3.05) is 13.1 Å². The van der Waals surface area contributed by atoms with E-state index in [4.69, 9.17) is 4.74 Å². The van der Waals surface area contributed by atoms with Crippen molar-refractivity contribution >= 4 is 16.9 Å². The Morgan fingerprint density at radius 2 is 2.12 bits per heavy atom. The van der Waals surface area contributed by atoms with Crippen LogP contribution >= 0.6 is 0 Å². The van der Waals surface area contributed by atoms with E-state index in [2.05, 4.69) is 9.97 Å². The van der Waals surface area contributed by atoms with Crippen molar-refractivity contribution in [3.8, 4) is 5.88 Å². The number of para-hydroxylation sites is 2. The summed E-state index contributed by atoms with van der Waals surface area (Å²) in [5.74, 6) is 0.705. The van der Waals surface area contributed by atoms with Crippen LogP contribution < -0.4 is 4.74 Å². The van der Waals surface area contributed by atoms with E-state index in [1.165, 1.54) is 0 Å². The Kier molecular flexibility index (Phi) is 4.09. The van der Waals surface area contributed by atoms with Crippen molar-refractivity contribution in [1.29, 1.82) is 0 Å². The molecule has 1 aliphatic rings. The van der Waals surface area contributed by atoms with Gasteiger partial charge in [0.25, 0.3) is 0 Å². The first-order valence-electron chi connectivity index (χ1n) is 8.46. The average molecular weight is 336 g/mol. The van der Waals surface area contributed by atoms with Crippen LogP contribution in [0.4, 0.5) is 0 Å². The number of carbonyl (C=O) groups excluding carboxylic acids is 1. The van der Waals surface area contributed by atoms with Gasteiger partial charge in [-0.05, 0) is 24.6 Å². The first kappa shape index (κ1) is 15.6. The second-order valence-electron chi connectivity index (χ2n) is 6.40. The molecule has 1 saturated heterocycles. The van der Waals surface area contributed by atoms with Crippen LogP contribution in [0.3, 0.4) is 0 Å². The van der Waals surface area contributed by atoms with Crippen LogP contribution in [0.2, 0.25) is 0 Å². The molecule has 1 amide bonds. The molecule has 1 aliphatic heterocycles. The number of likely N-dealkylation sites (tertiary alicyclic amines) is 1. The fourth-order valence-electron chi connectivity index (χ4n) is 3.13. The summed E-state index contributed by atoms with van der Waals surface area (Å²) in [6, 6.07) is 11.7. The molecule has 6 heteroatoms. The van der Waals surface area contributed by atoms with Gasteiger partial charge < -0.3 is 14.2 Å². The molecule has 0 spiro atoms. The fourth-order valence-corrected chi connectivity index (χ4v) is 3.13. The minimum atomic E-state index is -0.00122. The maximum atomic E-state index is 12.6. The summed E-state index contributed by atoms with van der Waals surface area (Å²) in [7, 11) is 0. The Morgan fingerprint density at radius 1 is 1.24 bits per heavy atom. The number of aromatic nitrogens is 3. The van der Waals surface area contributed by atoms with E-state index in [1.807, 2.05) is 52.8 Å². The number of amides is 1. The van der Waals surface area contributed by atoms with E-state index in [1.54, 1.807) is 12.5 Å². The lowest BCUT2D eigenvalue weighted by molar-refractivity contribution is -0.131. The highest BCUT2D eigenvalue weighted by atomic mass is 16.5. The molecule has 128 valence electrons. The highest BCUT2D eigenvalue weighted by molar-refractivity contribution is 5.80. The molecule has 1 unspecified atom stereocenters. The van der Waals surface area contributed by atoms with Crippen LogP contribution in [0.15, 0.2) is 48.9 Å². The number of aryl methyl sites for hydroxylation is 1. The summed E-state index contributed by atoms with van der Waals surface area (Å²) in [5, 5.41) is 0. The van der Waals surface area contributed by atoms with E-state index in [9.17, 15) is 4.79 Å². The smallest absolute Gasteiger partial charge is 0.242 e. The monoisotopic (exact) mass is 336 g/mol. The minimum Gasteiger partial charge on any atom is -0.472 e. The van der Waals surface area contributed by atoms with Gasteiger partial charge >= 0.3 is 0 Å². The molecular formula is C19H20N4O2.